The molecule has 0 saturated heterocycles. The zero-order valence-electron chi connectivity index (χ0n) is 26.8. The summed E-state index contributed by atoms with van der Waals surface area (Å²) in [5.41, 5.74) is 4.13. The van der Waals surface area contributed by atoms with E-state index in [1.807, 2.05) is 89.8 Å². The molecule has 246 valence electrons. The Kier molecular flexibility index (Phi) is 9.74. The maximum Gasteiger partial charge on any atom is 0.340 e. The van der Waals surface area contributed by atoms with Gasteiger partial charge in [-0.2, -0.15) is 0 Å². The van der Waals surface area contributed by atoms with Crippen molar-refractivity contribution in [2.45, 2.75) is 39.5 Å². The molecule has 0 aliphatic carbocycles. The van der Waals surface area contributed by atoms with Gasteiger partial charge in [-0.25, -0.2) is 9.59 Å². The van der Waals surface area contributed by atoms with Crippen molar-refractivity contribution in [3.63, 3.8) is 0 Å². The fraction of sp³-hybridized carbons (Fsp3) is 0.211. The molecule has 0 saturated carbocycles. The Bertz CT molecular complexity index is 1820. The Balaban J connectivity index is 1.71. The fourth-order valence-corrected chi connectivity index (χ4v) is 6.85. The van der Waals surface area contributed by atoms with Crippen LogP contribution in [0.25, 0.3) is 0 Å². The van der Waals surface area contributed by atoms with Crippen molar-refractivity contribution in [2.24, 2.45) is 0 Å². The van der Waals surface area contributed by atoms with E-state index in [2.05, 4.69) is 9.80 Å². The van der Waals surface area contributed by atoms with Crippen LogP contribution in [0.2, 0.25) is 15.1 Å². The third-order valence-electron chi connectivity index (χ3n) is 8.49. The highest BCUT2D eigenvalue weighted by molar-refractivity contribution is 6.31. The van der Waals surface area contributed by atoms with Gasteiger partial charge in [-0.15, -0.1) is 0 Å². The fourth-order valence-electron chi connectivity index (χ4n) is 6.47. The summed E-state index contributed by atoms with van der Waals surface area (Å²) in [5, 5.41) is 1.78. The molecule has 0 atom stereocenters. The Morgan fingerprint density at radius 1 is 0.667 bits per heavy atom. The van der Waals surface area contributed by atoms with Crippen molar-refractivity contribution in [3.05, 3.63) is 146 Å². The van der Waals surface area contributed by atoms with Crippen LogP contribution in [0.5, 0.6) is 0 Å². The third-order valence-corrected chi connectivity index (χ3v) is 9.25. The van der Waals surface area contributed by atoms with Crippen LogP contribution < -0.4 is 14.7 Å². The van der Waals surface area contributed by atoms with Crippen molar-refractivity contribution in [3.8, 4) is 0 Å². The van der Waals surface area contributed by atoms with Gasteiger partial charge in [0, 0.05) is 40.0 Å². The Labute approximate surface area is 295 Å². The summed E-state index contributed by atoms with van der Waals surface area (Å²) < 4.78 is 11.4. The van der Waals surface area contributed by atoms with Crippen molar-refractivity contribution in [1.82, 2.24) is 0 Å². The summed E-state index contributed by atoms with van der Waals surface area (Å²) in [7, 11) is 0. The second-order valence-corrected chi connectivity index (χ2v) is 12.7. The van der Waals surface area contributed by atoms with E-state index < -0.39 is 17.6 Å². The number of hydrogen-bond donors (Lipinski definition) is 0. The molecule has 4 aromatic carbocycles. The lowest BCUT2D eigenvalue weighted by Gasteiger charge is -2.46. The van der Waals surface area contributed by atoms with Crippen LogP contribution in [0, 0.1) is 0 Å². The van der Waals surface area contributed by atoms with E-state index in [4.69, 9.17) is 44.3 Å². The van der Waals surface area contributed by atoms with Crippen LogP contribution in [0.3, 0.4) is 0 Å². The zero-order valence-corrected chi connectivity index (χ0v) is 29.0. The highest BCUT2D eigenvalue weighted by atomic mass is 35.5. The van der Waals surface area contributed by atoms with Gasteiger partial charge in [-0.05, 0) is 92.6 Å². The second-order valence-electron chi connectivity index (χ2n) is 11.4. The molecule has 0 bridgehead atoms. The molecule has 0 aromatic heterocycles. The molecule has 0 radical (unpaired) electrons. The van der Waals surface area contributed by atoms with Gasteiger partial charge < -0.3 is 24.2 Å². The van der Waals surface area contributed by atoms with E-state index in [0.717, 1.165) is 22.5 Å². The topological polar surface area (TPSA) is 62.3 Å². The van der Waals surface area contributed by atoms with Gasteiger partial charge in [0.25, 0.3) is 0 Å². The van der Waals surface area contributed by atoms with Gasteiger partial charge >= 0.3 is 11.9 Å². The minimum atomic E-state index is -1.38. The lowest BCUT2D eigenvalue weighted by Crippen LogP contribution is -2.61. The van der Waals surface area contributed by atoms with Crippen LogP contribution in [0.4, 0.5) is 17.1 Å². The molecule has 0 N–H and O–H groups in total. The SMILES string of the molecule is CCOC(=O)C1=CN(c2ccc(Cl)cc2)C(=C(C)C(=O)OCC)C12N(Cc1ccc(Cl)cc1)c1ccccc1N2Cc1ccc(Cl)cc1. The number of halogens is 3. The van der Waals surface area contributed by atoms with E-state index in [1.54, 1.807) is 39.1 Å². The number of hydrogen-bond acceptors (Lipinski definition) is 7. The molecule has 4 aromatic rings. The molecule has 6 rings (SSSR count). The standard InChI is InChI=1S/C38H34Cl3N3O4/c1-4-47-36(45)25(3)35-38(32(37(46)48-5-2)24-42(35)31-20-18-30(41)19-21-31)43(22-26-10-14-28(39)15-11-26)33-8-6-7-9-34(33)44(38)23-27-12-16-29(40)17-13-27/h6-21,24H,4-5,22-23H2,1-3H3. The maximum atomic E-state index is 14.4. The van der Waals surface area contributed by atoms with Crippen LogP contribution in [-0.2, 0) is 32.2 Å². The van der Waals surface area contributed by atoms with Crippen LogP contribution in [0.1, 0.15) is 31.9 Å². The summed E-state index contributed by atoms with van der Waals surface area (Å²) >= 11 is 18.9. The summed E-state index contributed by atoms with van der Waals surface area (Å²) in [4.78, 5) is 34.4. The van der Waals surface area contributed by atoms with Crippen molar-refractivity contribution < 1.29 is 19.1 Å². The number of anilines is 3. The molecular formula is C38H34Cl3N3O4. The van der Waals surface area contributed by atoms with E-state index >= 15 is 0 Å². The van der Waals surface area contributed by atoms with Crippen LogP contribution >= 0.6 is 34.8 Å². The van der Waals surface area contributed by atoms with Crippen molar-refractivity contribution in [2.75, 3.05) is 27.9 Å². The molecule has 1 spiro atoms. The van der Waals surface area contributed by atoms with Crippen LogP contribution in [-0.4, -0.2) is 30.8 Å². The summed E-state index contributed by atoms with van der Waals surface area (Å²) in [6.07, 6.45) is 1.77. The average Bonchev–Trinajstić information content (AvgIpc) is 3.56. The number of benzene rings is 4. The van der Waals surface area contributed by atoms with Gasteiger partial charge in [-0.1, -0.05) is 71.2 Å². The smallest absolute Gasteiger partial charge is 0.340 e. The number of carbonyl (C=O) groups is 2. The minimum absolute atomic E-state index is 0.157. The molecule has 0 fully saturated rings. The zero-order chi connectivity index (χ0) is 34.0. The van der Waals surface area contributed by atoms with Gasteiger partial charge in [0.2, 0.25) is 0 Å². The summed E-state index contributed by atoms with van der Waals surface area (Å²) in [6, 6.07) is 30.5. The predicted octanol–water partition coefficient (Wildman–Crippen LogP) is 9.17. The summed E-state index contributed by atoms with van der Waals surface area (Å²) in [6.45, 7) is 6.34. The number of fused-ring (bicyclic) bond motifs is 1. The maximum absolute atomic E-state index is 14.4. The first-order valence-corrected chi connectivity index (χ1v) is 16.8. The number of carbonyl (C=O) groups excluding carboxylic acids is 2. The quantitative estimate of drug-likeness (QED) is 0.127. The highest BCUT2D eigenvalue weighted by Crippen LogP contribution is 2.57. The molecule has 2 heterocycles. The molecule has 7 nitrogen and oxygen atoms in total. The first kappa shape index (κ1) is 33.5. The van der Waals surface area contributed by atoms with Gasteiger partial charge in [0.15, 0.2) is 5.66 Å². The van der Waals surface area contributed by atoms with E-state index in [9.17, 15) is 9.59 Å². The second kappa shape index (κ2) is 14.0. The Hall–Kier alpha value is -4.43. The molecule has 48 heavy (non-hydrogen) atoms. The summed E-state index contributed by atoms with van der Waals surface area (Å²) in [5.74, 6) is -1.02. The Morgan fingerprint density at radius 3 is 1.58 bits per heavy atom. The molecule has 2 aliphatic heterocycles. The van der Waals surface area contributed by atoms with Gasteiger partial charge in [0.05, 0.1) is 35.9 Å². The van der Waals surface area contributed by atoms with E-state index in [1.165, 1.54) is 0 Å². The largest absolute Gasteiger partial charge is 0.463 e. The lowest BCUT2D eigenvalue weighted by atomic mass is 9.91. The molecule has 0 unspecified atom stereocenters. The van der Waals surface area contributed by atoms with Gasteiger partial charge in [-0.3, -0.25) is 0 Å². The number of ether oxygens (including phenoxy) is 2. The minimum Gasteiger partial charge on any atom is -0.463 e. The molecule has 2 aliphatic rings. The highest BCUT2D eigenvalue weighted by Gasteiger charge is 2.62. The van der Waals surface area contributed by atoms with Gasteiger partial charge in [0.1, 0.15) is 5.57 Å². The monoisotopic (exact) mass is 701 g/mol. The first-order chi connectivity index (χ1) is 23.2. The lowest BCUT2D eigenvalue weighted by molar-refractivity contribution is -0.140. The average molecular weight is 703 g/mol. The number of esters is 2. The molecule has 0 amide bonds. The van der Waals surface area contributed by atoms with E-state index in [-0.39, 0.29) is 13.2 Å². The molecule has 10 heteroatoms. The number of para-hydroxylation sites is 2. The van der Waals surface area contributed by atoms with E-state index in [0.29, 0.717) is 50.7 Å². The molecular weight excluding hydrogens is 669 g/mol. The first-order valence-electron chi connectivity index (χ1n) is 15.6. The van der Waals surface area contributed by atoms with Crippen molar-refractivity contribution in [1.29, 1.82) is 0 Å². The number of nitrogens with zero attached hydrogens (tertiary/aromatic N) is 3. The normalized spacial score (nSPS) is 15.8. The number of rotatable bonds is 9. The third kappa shape index (κ3) is 6.02. The Morgan fingerprint density at radius 2 is 1.12 bits per heavy atom. The van der Waals surface area contributed by atoms with Crippen LogP contribution in [0.15, 0.2) is 120 Å². The predicted molar refractivity (Wildman–Crippen MR) is 192 cm³/mol. The van der Waals surface area contributed by atoms with Crippen molar-refractivity contribution >= 4 is 63.8 Å².